The van der Waals surface area contributed by atoms with E-state index in [1.54, 1.807) is 19.2 Å². The van der Waals surface area contributed by atoms with Crippen molar-refractivity contribution in [1.29, 1.82) is 5.26 Å². The molecule has 0 fully saturated rings. The molecule has 0 bridgehead atoms. The number of hydrogen-bond acceptors (Lipinski definition) is 5. The maximum absolute atomic E-state index is 9.11. The van der Waals surface area contributed by atoms with Crippen LogP contribution in [0.1, 0.15) is 11.3 Å². The van der Waals surface area contributed by atoms with E-state index in [0.717, 1.165) is 5.56 Å². The molecule has 1 N–H and O–H groups in total. The average molecular weight is 326 g/mol. The van der Waals surface area contributed by atoms with Gasteiger partial charge in [0.25, 0.3) is 0 Å². The van der Waals surface area contributed by atoms with Crippen molar-refractivity contribution in [2.24, 2.45) is 0 Å². The Kier molecular flexibility index (Phi) is 5.07. The summed E-state index contributed by atoms with van der Waals surface area (Å²) >= 11 is 12.3. The molecule has 0 aliphatic heterocycles. The second-order valence-electron chi connectivity index (χ2n) is 4.31. The number of halogens is 2. The van der Waals surface area contributed by atoms with E-state index in [2.05, 4.69) is 10.3 Å². The first-order valence-corrected chi connectivity index (χ1v) is 6.92. The van der Waals surface area contributed by atoms with Gasteiger partial charge in [0.2, 0.25) is 17.5 Å². The first kappa shape index (κ1) is 15.6. The number of aryl methyl sites for hydroxylation is 1. The van der Waals surface area contributed by atoms with Crippen LogP contribution in [0, 0.1) is 18.3 Å². The van der Waals surface area contributed by atoms with Gasteiger partial charge < -0.3 is 14.5 Å². The molecule has 0 saturated heterocycles. The molecule has 1 aromatic heterocycles. The SMILES string of the molecule is COCCNc1oc(-c2cc(Cl)cc(C)c2Cl)nc1C#N. The molecule has 110 valence electrons. The molecule has 0 spiro atoms. The first-order chi connectivity index (χ1) is 10.1. The normalized spacial score (nSPS) is 10.4. The lowest BCUT2D eigenvalue weighted by atomic mass is 10.1. The Hall–Kier alpha value is -1.74. The van der Waals surface area contributed by atoms with Crippen LogP contribution >= 0.6 is 23.2 Å². The maximum Gasteiger partial charge on any atom is 0.232 e. The molecule has 7 heteroatoms. The summed E-state index contributed by atoms with van der Waals surface area (Å²) in [6.45, 7) is 2.82. The summed E-state index contributed by atoms with van der Waals surface area (Å²) in [5, 5.41) is 13.1. The molecule has 0 amide bonds. The molecule has 0 aliphatic carbocycles. The van der Waals surface area contributed by atoms with Crippen LogP contribution in [0.15, 0.2) is 16.5 Å². The molecule has 0 atom stereocenters. The second-order valence-corrected chi connectivity index (χ2v) is 5.13. The number of nitriles is 1. The summed E-state index contributed by atoms with van der Waals surface area (Å²) < 4.78 is 10.5. The van der Waals surface area contributed by atoms with Crippen LogP contribution in [0.2, 0.25) is 10.0 Å². The van der Waals surface area contributed by atoms with Gasteiger partial charge in [-0.2, -0.15) is 10.2 Å². The van der Waals surface area contributed by atoms with Crippen LogP contribution in [-0.4, -0.2) is 25.2 Å². The monoisotopic (exact) mass is 325 g/mol. The van der Waals surface area contributed by atoms with Gasteiger partial charge in [-0.25, -0.2) is 0 Å². The minimum absolute atomic E-state index is 0.162. The zero-order chi connectivity index (χ0) is 15.4. The van der Waals surface area contributed by atoms with Gasteiger partial charge in [0.05, 0.1) is 17.2 Å². The Balaban J connectivity index is 2.39. The average Bonchev–Trinajstić information content (AvgIpc) is 2.86. The van der Waals surface area contributed by atoms with Crippen LogP contribution in [0.5, 0.6) is 0 Å². The zero-order valence-corrected chi connectivity index (χ0v) is 13.0. The number of methoxy groups -OCH3 is 1. The first-order valence-electron chi connectivity index (χ1n) is 6.16. The number of benzene rings is 1. The lowest BCUT2D eigenvalue weighted by Crippen LogP contribution is -2.07. The number of hydrogen-bond donors (Lipinski definition) is 1. The van der Waals surface area contributed by atoms with E-state index in [0.29, 0.717) is 34.6 Å². The highest BCUT2D eigenvalue weighted by molar-refractivity contribution is 6.35. The summed E-state index contributed by atoms with van der Waals surface area (Å²) in [5.74, 6) is 0.542. The van der Waals surface area contributed by atoms with Gasteiger partial charge in [0, 0.05) is 18.7 Å². The number of aromatic nitrogens is 1. The van der Waals surface area contributed by atoms with Crippen LogP contribution < -0.4 is 5.32 Å². The zero-order valence-electron chi connectivity index (χ0n) is 11.5. The lowest BCUT2D eigenvalue weighted by molar-refractivity contribution is 0.210. The Bertz CT molecular complexity index is 692. The number of ether oxygens (including phenoxy) is 1. The minimum atomic E-state index is 0.162. The van der Waals surface area contributed by atoms with Gasteiger partial charge >= 0.3 is 0 Å². The standard InChI is InChI=1S/C14H13Cl2N3O2/c1-8-5-9(15)6-10(12(8)16)13-19-11(7-17)14(21-13)18-3-4-20-2/h5-6,18H,3-4H2,1-2H3. The van der Waals surface area contributed by atoms with Gasteiger partial charge in [0.15, 0.2) is 0 Å². The molecule has 0 radical (unpaired) electrons. The molecule has 2 rings (SSSR count). The van der Waals surface area contributed by atoms with Crippen molar-refractivity contribution in [3.63, 3.8) is 0 Å². The number of anilines is 1. The molecule has 1 heterocycles. The van der Waals surface area contributed by atoms with E-state index in [-0.39, 0.29) is 11.6 Å². The number of nitrogens with zero attached hydrogens (tertiary/aromatic N) is 2. The molecular formula is C14H13Cl2N3O2. The van der Waals surface area contributed by atoms with Gasteiger partial charge in [-0.3, -0.25) is 0 Å². The molecule has 1 aromatic carbocycles. The molecule has 21 heavy (non-hydrogen) atoms. The van der Waals surface area contributed by atoms with Crippen LogP contribution in [0.4, 0.5) is 5.88 Å². The van der Waals surface area contributed by atoms with Crippen molar-refractivity contribution in [3.05, 3.63) is 33.4 Å². The third-order valence-corrected chi connectivity index (χ3v) is 3.49. The summed E-state index contributed by atoms with van der Waals surface area (Å²) in [4.78, 5) is 4.15. The summed E-state index contributed by atoms with van der Waals surface area (Å²) in [6, 6.07) is 5.38. The lowest BCUT2D eigenvalue weighted by Gasteiger charge is -2.04. The smallest absolute Gasteiger partial charge is 0.232 e. The highest BCUT2D eigenvalue weighted by Gasteiger charge is 2.18. The fraction of sp³-hybridized carbons (Fsp3) is 0.286. The van der Waals surface area contributed by atoms with Crippen molar-refractivity contribution < 1.29 is 9.15 Å². The highest BCUT2D eigenvalue weighted by atomic mass is 35.5. The van der Waals surface area contributed by atoms with Crippen molar-refractivity contribution >= 4 is 29.1 Å². The number of rotatable bonds is 5. The Morgan fingerprint density at radius 2 is 2.19 bits per heavy atom. The third kappa shape index (κ3) is 3.48. The van der Waals surface area contributed by atoms with E-state index in [1.807, 2.05) is 13.0 Å². The van der Waals surface area contributed by atoms with Gasteiger partial charge in [-0.05, 0) is 24.6 Å². The summed E-state index contributed by atoms with van der Waals surface area (Å²) in [5.41, 5.74) is 1.53. The predicted molar refractivity (Wildman–Crippen MR) is 81.8 cm³/mol. The minimum Gasteiger partial charge on any atom is -0.419 e. The largest absolute Gasteiger partial charge is 0.419 e. The Labute approximate surface area is 132 Å². The van der Waals surface area contributed by atoms with E-state index in [1.165, 1.54) is 0 Å². The molecule has 0 saturated carbocycles. The van der Waals surface area contributed by atoms with Crippen molar-refractivity contribution in [2.45, 2.75) is 6.92 Å². The third-order valence-electron chi connectivity index (χ3n) is 2.77. The van der Waals surface area contributed by atoms with Crippen molar-refractivity contribution in [3.8, 4) is 17.5 Å². The molecule has 0 aliphatic rings. The Morgan fingerprint density at radius 1 is 1.43 bits per heavy atom. The fourth-order valence-electron chi connectivity index (χ4n) is 1.78. The number of nitrogens with one attached hydrogen (secondary N) is 1. The van der Waals surface area contributed by atoms with E-state index in [9.17, 15) is 0 Å². The fourth-order valence-corrected chi connectivity index (χ4v) is 2.24. The van der Waals surface area contributed by atoms with E-state index in [4.69, 9.17) is 37.6 Å². The van der Waals surface area contributed by atoms with Gasteiger partial charge in [-0.15, -0.1) is 0 Å². The van der Waals surface area contributed by atoms with Crippen LogP contribution in [0.3, 0.4) is 0 Å². The van der Waals surface area contributed by atoms with Gasteiger partial charge in [0.1, 0.15) is 6.07 Å². The molecule has 2 aromatic rings. The van der Waals surface area contributed by atoms with Crippen LogP contribution in [-0.2, 0) is 4.74 Å². The molecular weight excluding hydrogens is 313 g/mol. The second kappa shape index (κ2) is 6.81. The van der Waals surface area contributed by atoms with E-state index < -0.39 is 0 Å². The van der Waals surface area contributed by atoms with E-state index >= 15 is 0 Å². The number of oxazole rings is 1. The Morgan fingerprint density at radius 3 is 2.86 bits per heavy atom. The topological polar surface area (TPSA) is 71.1 Å². The van der Waals surface area contributed by atoms with Crippen molar-refractivity contribution in [2.75, 3.05) is 25.6 Å². The summed E-state index contributed by atoms with van der Waals surface area (Å²) in [6.07, 6.45) is 0. The molecule has 5 nitrogen and oxygen atoms in total. The quantitative estimate of drug-likeness (QED) is 0.844. The predicted octanol–water partition coefficient (Wildman–Crippen LogP) is 3.89. The van der Waals surface area contributed by atoms with Crippen molar-refractivity contribution in [1.82, 2.24) is 4.98 Å². The maximum atomic E-state index is 9.11. The summed E-state index contributed by atoms with van der Waals surface area (Å²) in [7, 11) is 1.59. The highest BCUT2D eigenvalue weighted by Crippen LogP contribution is 2.34. The molecule has 0 unspecified atom stereocenters. The van der Waals surface area contributed by atoms with Gasteiger partial charge in [-0.1, -0.05) is 23.2 Å². The van der Waals surface area contributed by atoms with Crippen LogP contribution in [0.25, 0.3) is 11.5 Å².